The van der Waals surface area contributed by atoms with Crippen LogP contribution in [-0.4, -0.2) is 36.2 Å². The van der Waals surface area contributed by atoms with Gasteiger partial charge in [0.25, 0.3) is 0 Å². The monoisotopic (exact) mass is 283 g/mol. The summed E-state index contributed by atoms with van der Waals surface area (Å²) in [6, 6.07) is 11.7. The molecule has 0 amide bonds. The number of carboxylic acids is 1. The molecule has 4 heteroatoms. The van der Waals surface area contributed by atoms with E-state index in [1.165, 1.54) is 0 Å². The summed E-state index contributed by atoms with van der Waals surface area (Å²) < 4.78 is 5.36. The van der Waals surface area contributed by atoms with E-state index in [0.717, 1.165) is 22.1 Å². The van der Waals surface area contributed by atoms with Gasteiger partial charge >= 0.3 is 5.97 Å². The Morgan fingerprint density at radius 1 is 1.29 bits per heavy atom. The molecule has 0 aromatic heterocycles. The number of nitrogens with zero attached hydrogens (tertiary/aromatic N) is 1. The van der Waals surface area contributed by atoms with Crippen LogP contribution in [0.4, 0.5) is 0 Å². The van der Waals surface area contributed by atoms with Crippen LogP contribution in [0.1, 0.15) is 5.56 Å². The van der Waals surface area contributed by atoms with Crippen molar-refractivity contribution < 1.29 is 14.6 Å². The molecule has 0 radical (unpaired) electrons. The van der Waals surface area contributed by atoms with Gasteiger partial charge in [-0.05, 0) is 17.0 Å². The van der Waals surface area contributed by atoms with Crippen molar-refractivity contribution in [2.24, 2.45) is 0 Å². The molecule has 0 aliphatic heterocycles. The van der Waals surface area contributed by atoms with E-state index in [-0.39, 0.29) is 6.54 Å². The van der Waals surface area contributed by atoms with Gasteiger partial charge in [0.2, 0.25) is 0 Å². The summed E-state index contributed by atoms with van der Waals surface area (Å²) in [6.45, 7) is 0.707. The molecular weight excluding hydrogens is 266 g/mol. The van der Waals surface area contributed by atoms with Gasteiger partial charge in [-0.3, -0.25) is 9.69 Å². The van der Waals surface area contributed by atoms with Gasteiger partial charge in [0.1, 0.15) is 5.75 Å². The van der Waals surface area contributed by atoms with Crippen molar-refractivity contribution in [3.8, 4) is 18.1 Å². The Kier molecular flexibility index (Phi) is 4.81. The van der Waals surface area contributed by atoms with E-state index in [9.17, 15) is 4.79 Å². The van der Waals surface area contributed by atoms with Gasteiger partial charge in [0.15, 0.2) is 0 Å². The fourth-order valence-corrected chi connectivity index (χ4v) is 2.38. The quantitative estimate of drug-likeness (QED) is 0.827. The number of fused-ring (bicyclic) bond motifs is 1. The van der Waals surface area contributed by atoms with Crippen LogP contribution in [0.15, 0.2) is 36.4 Å². The van der Waals surface area contributed by atoms with Crippen LogP contribution in [0.3, 0.4) is 0 Å². The number of terminal acetylenes is 1. The summed E-state index contributed by atoms with van der Waals surface area (Å²) in [5, 5.41) is 11.0. The summed E-state index contributed by atoms with van der Waals surface area (Å²) in [4.78, 5) is 12.6. The first-order chi connectivity index (χ1) is 10.2. The van der Waals surface area contributed by atoms with Gasteiger partial charge in [-0.25, -0.2) is 0 Å². The van der Waals surface area contributed by atoms with Crippen LogP contribution in [-0.2, 0) is 11.3 Å². The standard InChI is InChI=1S/C17H17NO3/c1-3-10-18(12-17(19)20)11-13-8-9-16(21-2)15-7-5-4-6-14(13)15/h1,4-9H,10-12H2,2H3,(H,19,20). The second-order valence-corrected chi connectivity index (χ2v) is 4.72. The van der Waals surface area contributed by atoms with Gasteiger partial charge in [-0.2, -0.15) is 0 Å². The maximum atomic E-state index is 10.9. The first-order valence-corrected chi connectivity index (χ1v) is 6.58. The molecule has 0 fully saturated rings. The van der Waals surface area contributed by atoms with Crippen LogP contribution in [0.2, 0.25) is 0 Å². The molecule has 108 valence electrons. The first-order valence-electron chi connectivity index (χ1n) is 6.58. The van der Waals surface area contributed by atoms with Crippen LogP contribution in [0, 0.1) is 12.3 Å². The first kappa shape index (κ1) is 14.9. The summed E-state index contributed by atoms with van der Waals surface area (Å²) in [6.07, 6.45) is 5.31. The van der Waals surface area contributed by atoms with Gasteiger partial charge < -0.3 is 9.84 Å². The molecule has 0 atom stereocenters. The highest BCUT2D eigenvalue weighted by Crippen LogP contribution is 2.28. The molecule has 0 aliphatic rings. The van der Waals surface area contributed by atoms with Crippen molar-refractivity contribution in [1.29, 1.82) is 0 Å². The number of carbonyl (C=O) groups is 1. The molecule has 0 saturated heterocycles. The van der Waals surface area contributed by atoms with E-state index in [1.54, 1.807) is 12.0 Å². The number of aliphatic carboxylic acids is 1. The van der Waals surface area contributed by atoms with Crippen LogP contribution < -0.4 is 4.74 Å². The maximum absolute atomic E-state index is 10.9. The van der Waals surface area contributed by atoms with E-state index in [1.807, 2.05) is 36.4 Å². The smallest absolute Gasteiger partial charge is 0.317 e. The lowest BCUT2D eigenvalue weighted by Gasteiger charge is -2.19. The van der Waals surface area contributed by atoms with Crippen molar-refractivity contribution >= 4 is 16.7 Å². The van der Waals surface area contributed by atoms with E-state index >= 15 is 0 Å². The third kappa shape index (κ3) is 3.53. The van der Waals surface area contributed by atoms with Gasteiger partial charge in [-0.1, -0.05) is 36.3 Å². The average Bonchev–Trinajstić information content (AvgIpc) is 2.47. The molecular formula is C17H17NO3. The zero-order valence-electron chi connectivity index (χ0n) is 11.9. The SMILES string of the molecule is C#CCN(CC(=O)O)Cc1ccc(OC)c2ccccc12. The molecule has 2 rings (SSSR count). The lowest BCUT2D eigenvalue weighted by atomic mass is 10.0. The minimum atomic E-state index is -0.886. The summed E-state index contributed by atoms with van der Waals surface area (Å²) in [7, 11) is 1.64. The van der Waals surface area contributed by atoms with Crippen molar-refractivity contribution in [3.63, 3.8) is 0 Å². The Labute approximate surface area is 123 Å². The average molecular weight is 283 g/mol. The number of ether oxygens (including phenoxy) is 1. The van der Waals surface area contributed by atoms with E-state index in [0.29, 0.717) is 13.1 Å². The molecule has 4 nitrogen and oxygen atoms in total. The number of rotatable bonds is 6. The molecule has 0 unspecified atom stereocenters. The number of carboxylic acid groups (broad SMARTS) is 1. The Morgan fingerprint density at radius 2 is 2.00 bits per heavy atom. The van der Waals surface area contributed by atoms with Gasteiger partial charge in [0, 0.05) is 11.9 Å². The minimum absolute atomic E-state index is 0.0788. The number of hydrogen-bond acceptors (Lipinski definition) is 3. The molecule has 21 heavy (non-hydrogen) atoms. The summed E-state index contributed by atoms with van der Waals surface area (Å²) in [5.41, 5.74) is 1.03. The zero-order chi connectivity index (χ0) is 15.2. The molecule has 0 heterocycles. The number of methoxy groups -OCH3 is 1. The Morgan fingerprint density at radius 3 is 2.62 bits per heavy atom. The maximum Gasteiger partial charge on any atom is 0.317 e. The van der Waals surface area contributed by atoms with Crippen molar-refractivity contribution in [2.75, 3.05) is 20.2 Å². The van der Waals surface area contributed by atoms with Gasteiger partial charge in [0.05, 0.1) is 20.2 Å². The third-order valence-electron chi connectivity index (χ3n) is 3.26. The lowest BCUT2D eigenvalue weighted by Crippen LogP contribution is -2.29. The molecule has 2 aromatic rings. The number of hydrogen-bond donors (Lipinski definition) is 1. The largest absolute Gasteiger partial charge is 0.496 e. The Bertz CT molecular complexity index is 688. The van der Waals surface area contributed by atoms with Crippen LogP contribution in [0.25, 0.3) is 10.8 Å². The van der Waals surface area contributed by atoms with E-state index in [4.69, 9.17) is 16.3 Å². The zero-order valence-corrected chi connectivity index (χ0v) is 11.9. The molecule has 2 aromatic carbocycles. The third-order valence-corrected chi connectivity index (χ3v) is 3.26. The fraction of sp³-hybridized carbons (Fsp3) is 0.235. The molecule has 1 N–H and O–H groups in total. The minimum Gasteiger partial charge on any atom is -0.496 e. The fourth-order valence-electron chi connectivity index (χ4n) is 2.38. The molecule has 0 spiro atoms. The second kappa shape index (κ2) is 6.78. The Hall–Kier alpha value is -2.51. The lowest BCUT2D eigenvalue weighted by molar-refractivity contribution is -0.138. The normalized spacial score (nSPS) is 10.5. The molecule has 0 bridgehead atoms. The van der Waals surface area contributed by atoms with Gasteiger partial charge in [-0.15, -0.1) is 6.42 Å². The van der Waals surface area contributed by atoms with Crippen molar-refractivity contribution in [2.45, 2.75) is 6.54 Å². The summed E-state index contributed by atoms with van der Waals surface area (Å²) >= 11 is 0. The van der Waals surface area contributed by atoms with E-state index in [2.05, 4.69) is 5.92 Å². The number of benzene rings is 2. The molecule has 0 saturated carbocycles. The van der Waals surface area contributed by atoms with Crippen molar-refractivity contribution in [3.05, 3.63) is 42.0 Å². The highest BCUT2D eigenvalue weighted by molar-refractivity contribution is 5.91. The van der Waals surface area contributed by atoms with Crippen LogP contribution >= 0.6 is 0 Å². The highest BCUT2D eigenvalue weighted by atomic mass is 16.5. The predicted octanol–water partition coefficient (Wildman–Crippen LogP) is 2.37. The van der Waals surface area contributed by atoms with E-state index < -0.39 is 5.97 Å². The summed E-state index contributed by atoms with van der Waals surface area (Å²) in [5.74, 6) is 2.42. The second-order valence-electron chi connectivity index (χ2n) is 4.72. The molecule has 0 aliphatic carbocycles. The Balaban J connectivity index is 2.37. The topological polar surface area (TPSA) is 49.8 Å². The highest BCUT2D eigenvalue weighted by Gasteiger charge is 2.12. The predicted molar refractivity (Wildman–Crippen MR) is 82.2 cm³/mol. The van der Waals surface area contributed by atoms with Crippen molar-refractivity contribution in [1.82, 2.24) is 4.90 Å². The van der Waals surface area contributed by atoms with Crippen LogP contribution in [0.5, 0.6) is 5.75 Å².